The van der Waals surface area contributed by atoms with Crippen LogP contribution in [0.1, 0.15) is 5.56 Å². The maximum absolute atomic E-state index is 13.2. The highest BCUT2D eigenvalue weighted by atomic mass is 19.1. The van der Waals surface area contributed by atoms with Crippen molar-refractivity contribution in [3.8, 4) is 0 Å². The van der Waals surface area contributed by atoms with Gasteiger partial charge in [0.15, 0.2) is 0 Å². The summed E-state index contributed by atoms with van der Waals surface area (Å²) >= 11 is 0. The molecular formula is C17H15FN2O2. The lowest BCUT2D eigenvalue weighted by Crippen LogP contribution is -2.54. The first kappa shape index (κ1) is 14.3. The number of halogens is 1. The van der Waals surface area contributed by atoms with Gasteiger partial charge in [0, 0.05) is 25.3 Å². The van der Waals surface area contributed by atoms with E-state index in [1.807, 2.05) is 18.2 Å². The molecule has 0 spiro atoms. The molecule has 22 heavy (non-hydrogen) atoms. The van der Waals surface area contributed by atoms with Gasteiger partial charge in [-0.3, -0.25) is 9.59 Å². The van der Waals surface area contributed by atoms with Crippen molar-refractivity contribution in [3.63, 3.8) is 0 Å². The number of rotatable bonds is 3. The smallest absolute Gasteiger partial charge is 0.316 e. The Hall–Kier alpha value is -2.69. The molecule has 4 nitrogen and oxygen atoms in total. The van der Waals surface area contributed by atoms with Crippen LogP contribution in [0.25, 0.3) is 0 Å². The molecule has 2 aromatic carbocycles. The Bertz CT molecular complexity index is 703. The first-order valence-corrected chi connectivity index (χ1v) is 7.05. The number of nitrogens with zero attached hydrogens (tertiary/aromatic N) is 2. The molecule has 5 heteroatoms. The van der Waals surface area contributed by atoms with Crippen LogP contribution < -0.4 is 4.90 Å². The summed E-state index contributed by atoms with van der Waals surface area (Å²) in [5.74, 6) is -1.45. The second-order valence-electron chi connectivity index (χ2n) is 5.15. The number of anilines is 1. The van der Waals surface area contributed by atoms with Crippen molar-refractivity contribution in [1.82, 2.24) is 4.90 Å². The van der Waals surface area contributed by atoms with Crippen molar-refractivity contribution in [2.75, 3.05) is 18.0 Å². The number of benzene rings is 2. The van der Waals surface area contributed by atoms with Crippen LogP contribution in [0.5, 0.6) is 0 Å². The minimum absolute atomic E-state index is 0.241. The molecule has 112 valence electrons. The van der Waals surface area contributed by atoms with Gasteiger partial charge in [0.25, 0.3) is 0 Å². The Balaban J connectivity index is 1.74. The molecule has 1 aliphatic rings. The van der Waals surface area contributed by atoms with Crippen LogP contribution >= 0.6 is 0 Å². The fraction of sp³-hybridized carbons (Fsp3) is 0.176. The highest BCUT2D eigenvalue weighted by Crippen LogP contribution is 2.18. The summed E-state index contributed by atoms with van der Waals surface area (Å²) in [6.07, 6.45) is 0. The molecule has 1 saturated heterocycles. The first-order chi connectivity index (χ1) is 10.6. The van der Waals surface area contributed by atoms with Crippen molar-refractivity contribution < 1.29 is 14.0 Å². The van der Waals surface area contributed by atoms with E-state index in [0.717, 1.165) is 0 Å². The topological polar surface area (TPSA) is 40.6 Å². The maximum atomic E-state index is 13.2. The number of piperazine rings is 1. The summed E-state index contributed by atoms with van der Waals surface area (Å²) in [6, 6.07) is 15.2. The first-order valence-electron chi connectivity index (χ1n) is 7.05. The summed E-state index contributed by atoms with van der Waals surface area (Å²) in [6.45, 7) is 1.10. The maximum Gasteiger partial charge on any atom is 0.316 e. The van der Waals surface area contributed by atoms with Gasteiger partial charge in [-0.1, -0.05) is 30.3 Å². The molecule has 0 aromatic heterocycles. The number of hydrogen-bond donors (Lipinski definition) is 0. The summed E-state index contributed by atoms with van der Waals surface area (Å²) in [5.41, 5.74) is 1.39. The summed E-state index contributed by atoms with van der Waals surface area (Å²) in [7, 11) is 0. The van der Waals surface area contributed by atoms with E-state index in [4.69, 9.17) is 0 Å². The largest absolute Gasteiger partial charge is 0.328 e. The molecule has 0 radical (unpaired) electrons. The quantitative estimate of drug-likeness (QED) is 0.815. The molecule has 0 unspecified atom stereocenters. The van der Waals surface area contributed by atoms with Crippen LogP contribution in [-0.2, 0) is 16.1 Å². The molecule has 0 bridgehead atoms. The standard InChI is InChI=1S/C17H15FN2O2/c18-14-6-4-5-13(11-14)12-19-9-10-20(17(22)16(19)21)15-7-2-1-3-8-15/h1-8,11H,9-10,12H2. The van der Waals surface area contributed by atoms with E-state index in [9.17, 15) is 14.0 Å². The number of carbonyl (C=O) groups is 2. The summed E-state index contributed by atoms with van der Waals surface area (Å²) in [4.78, 5) is 27.4. The van der Waals surface area contributed by atoms with Crippen LogP contribution in [0.2, 0.25) is 0 Å². The zero-order valence-electron chi connectivity index (χ0n) is 11.9. The van der Waals surface area contributed by atoms with Gasteiger partial charge < -0.3 is 9.80 Å². The van der Waals surface area contributed by atoms with Crippen LogP contribution in [-0.4, -0.2) is 29.8 Å². The summed E-state index contributed by atoms with van der Waals surface area (Å²) in [5, 5.41) is 0. The molecule has 1 fully saturated rings. The summed E-state index contributed by atoms with van der Waals surface area (Å²) < 4.78 is 13.2. The molecule has 2 amide bonds. The Morgan fingerprint density at radius 3 is 2.41 bits per heavy atom. The van der Waals surface area contributed by atoms with Crippen LogP contribution in [0.3, 0.4) is 0 Å². The Kier molecular flexibility index (Phi) is 3.87. The van der Waals surface area contributed by atoms with Gasteiger partial charge in [0.2, 0.25) is 0 Å². The lowest BCUT2D eigenvalue weighted by Gasteiger charge is -2.33. The predicted octanol–water partition coefficient (Wildman–Crippen LogP) is 2.20. The van der Waals surface area contributed by atoms with E-state index in [-0.39, 0.29) is 12.4 Å². The van der Waals surface area contributed by atoms with E-state index in [0.29, 0.717) is 24.3 Å². The molecule has 3 rings (SSSR count). The number of para-hydroxylation sites is 1. The third kappa shape index (κ3) is 2.83. The fourth-order valence-electron chi connectivity index (χ4n) is 2.54. The van der Waals surface area contributed by atoms with Crippen molar-refractivity contribution in [1.29, 1.82) is 0 Å². The number of hydrogen-bond acceptors (Lipinski definition) is 2. The third-order valence-corrected chi connectivity index (χ3v) is 3.64. The zero-order valence-corrected chi connectivity index (χ0v) is 11.9. The van der Waals surface area contributed by atoms with Gasteiger partial charge in [-0.15, -0.1) is 0 Å². The van der Waals surface area contributed by atoms with E-state index >= 15 is 0 Å². The van der Waals surface area contributed by atoms with Crippen molar-refractivity contribution in [2.45, 2.75) is 6.54 Å². The average molecular weight is 298 g/mol. The Morgan fingerprint density at radius 2 is 1.68 bits per heavy atom. The molecule has 0 N–H and O–H groups in total. The van der Waals surface area contributed by atoms with Gasteiger partial charge in [0.05, 0.1) is 0 Å². The average Bonchev–Trinajstić information content (AvgIpc) is 2.53. The molecular weight excluding hydrogens is 283 g/mol. The molecule has 0 atom stereocenters. The van der Waals surface area contributed by atoms with E-state index < -0.39 is 11.8 Å². The second kappa shape index (κ2) is 5.97. The zero-order chi connectivity index (χ0) is 15.5. The minimum Gasteiger partial charge on any atom is -0.328 e. The highest BCUT2D eigenvalue weighted by molar-refractivity contribution is 6.40. The third-order valence-electron chi connectivity index (χ3n) is 3.64. The Morgan fingerprint density at radius 1 is 0.909 bits per heavy atom. The van der Waals surface area contributed by atoms with Crippen LogP contribution in [0.15, 0.2) is 54.6 Å². The van der Waals surface area contributed by atoms with Crippen molar-refractivity contribution in [3.05, 3.63) is 66.0 Å². The predicted molar refractivity (Wildman–Crippen MR) is 80.6 cm³/mol. The monoisotopic (exact) mass is 298 g/mol. The van der Waals surface area contributed by atoms with E-state index in [1.165, 1.54) is 21.9 Å². The van der Waals surface area contributed by atoms with Gasteiger partial charge in [-0.2, -0.15) is 0 Å². The van der Waals surface area contributed by atoms with Gasteiger partial charge >= 0.3 is 11.8 Å². The lowest BCUT2D eigenvalue weighted by molar-refractivity contribution is -0.146. The molecule has 0 saturated carbocycles. The van der Waals surface area contributed by atoms with Crippen molar-refractivity contribution in [2.24, 2.45) is 0 Å². The van der Waals surface area contributed by atoms with Crippen molar-refractivity contribution >= 4 is 17.5 Å². The SMILES string of the molecule is O=C1C(=O)N(c2ccccc2)CCN1Cc1cccc(F)c1. The molecule has 2 aromatic rings. The van der Waals surface area contributed by atoms with Gasteiger partial charge in [-0.05, 0) is 29.8 Å². The van der Waals surface area contributed by atoms with E-state index in [2.05, 4.69) is 0 Å². The fourth-order valence-corrected chi connectivity index (χ4v) is 2.54. The minimum atomic E-state index is -0.556. The van der Waals surface area contributed by atoms with E-state index in [1.54, 1.807) is 24.3 Å². The number of carbonyl (C=O) groups excluding carboxylic acids is 2. The highest BCUT2D eigenvalue weighted by Gasteiger charge is 2.33. The molecule has 1 heterocycles. The van der Waals surface area contributed by atoms with Crippen LogP contribution in [0, 0.1) is 5.82 Å². The van der Waals surface area contributed by atoms with Gasteiger partial charge in [0.1, 0.15) is 5.82 Å². The Labute approximate surface area is 127 Å². The van der Waals surface area contributed by atoms with Gasteiger partial charge in [-0.25, -0.2) is 4.39 Å². The lowest BCUT2D eigenvalue weighted by atomic mass is 10.1. The molecule has 1 aliphatic heterocycles. The number of amides is 2. The normalized spacial score (nSPS) is 15.3. The van der Waals surface area contributed by atoms with Crippen LogP contribution in [0.4, 0.5) is 10.1 Å². The molecule has 0 aliphatic carbocycles. The second-order valence-corrected chi connectivity index (χ2v) is 5.15.